The maximum Gasteiger partial charge on any atom is 0.129 e. The van der Waals surface area contributed by atoms with Crippen molar-refractivity contribution in [1.29, 1.82) is 0 Å². The molecule has 2 heterocycles. The highest BCUT2D eigenvalue weighted by atomic mass is 35.5. The van der Waals surface area contributed by atoms with Crippen LogP contribution in [0.5, 0.6) is 0 Å². The molecular formula is C21H21ClN2O. The molecule has 1 aliphatic heterocycles. The van der Waals surface area contributed by atoms with Gasteiger partial charge in [0.1, 0.15) is 11.3 Å². The molecule has 0 aliphatic carbocycles. The Labute approximate surface area is 152 Å². The quantitative estimate of drug-likeness (QED) is 0.692. The molecule has 4 heteroatoms. The van der Waals surface area contributed by atoms with Crippen LogP contribution in [0.1, 0.15) is 41.7 Å². The second-order valence-corrected chi connectivity index (χ2v) is 7.17. The molecule has 0 saturated carbocycles. The number of aromatic nitrogens is 1. The van der Waals surface area contributed by atoms with Crippen molar-refractivity contribution in [3.8, 4) is 0 Å². The Morgan fingerprint density at radius 2 is 1.96 bits per heavy atom. The number of hydrogen-bond donors (Lipinski definition) is 1. The van der Waals surface area contributed by atoms with E-state index in [2.05, 4.69) is 41.2 Å². The molecule has 128 valence electrons. The van der Waals surface area contributed by atoms with Crippen molar-refractivity contribution in [2.45, 2.75) is 25.0 Å². The van der Waals surface area contributed by atoms with Gasteiger partial charge < -0.3 is 5.11 Å². The second kappa shape index (κ2) is 6.75. The minimum absolute atomic E-state index is 0.287. The minimum atomic E-state index is -0.714. The Morgan fingerprint density at radius 1 is 1.16 bits per heavy atom. The first kappa shape index (κ1) is 16.5. The van der Waals surface area contributed by atoms with Crippen LogP contribution in [0.25, 0.3) is 10.8 Å². The molecule has 1 aliphatic rings. The van der Waals surface area contributed by atoms with Crippen LogP contribution in [0.4, 0.5) is 0 Å². The summed E-state index contributed by atoms with van der Waals surface area (Å²) in [5.41, 5.74) is 2.81. The zero-order chi connectivity index (χ0) is 17.4. The molecule has 1 saturated heterocycles. The molecule has 3 aromatic rings. The van der Waals surface area contributed by atoms with E-state index < -0.39 is 6.10 Å². The first-order chi connectivity index (χ1) is 12.1. The van der Waals surface area contributed by atoms with Crippen LogP contribution in [0, 0.1) is 0 Å². The second-order valence-electron chi connectivity index (χ2n) is 6.78. The number of benzene rings is 2. The van der Waals surface area contributed by atoms with E-state index in [0.717, 1.165) is 41.5 Å². The summed E-state index contributed by atoms with van der Waals surface area (Å²) >= 11 is 6.15. The molecule has 3 nitrogen and oxygen atoms in total. The Balaban J connectivity index is 1.78. The van der Waals surface area contributed by atoms with E-state index in [-0.39, 0.29) is 6.04 Å². The summed E-state index contributed by atoms with van der Waals surface area (Å²) in [7, 11) is 2.12. The average molecular weight is 353 g/mol. The highest BCUT2D eigenvalue weighted by Crippen LogP contribution is 2.37. The van der Waals surface area contributed by atoms with Crippen LogP contribution in [0.15, 0.2) is 54.7 Å². The molecule has 0 amide bonds. The third-order valence-electron chi connectivity index (χ3n) is 5.20. The lowest BCUT2D eigenvalue weighted by Crippen LogP contribution is -2.20. The largest absolute Gasteiger partial charge is 0.384 e. The normalized spacial score (nSPS) is 19.4. The van der Waals surface area contributed by atoms with Crippen LogP contribution < -0.4 is 0 Å². The summed E-state index contributed by atoms with van der Waals surface area (Å²) < 4.78 is 0. The predicted octanol–water partition coefficient (Wildman–Crippen LogP) is 4.74. The summed E-state index contributed by atoms with van der Waals surface area (Å²) in [4.78, 5) is 6.59. The molecule has 1 aromatic heterocycles. The van der Waals surface area contributed by atoms with E-state index >= 15 is 0 Å². The number of nitrogens with zero attached hydrogens (tertiary/aromatic N) is 2. The Morgan fingerprint density at radius 3 is 2.72 bits per heavy atom. The number of aliphatic hydroxyl groups is 1. The maximum atomic E-state index is 11.1. The summed E-state index contributed by atoms with van der Waals surface area (Å²) in [6.07, 6.45) is 3.36. The zero-order valence-corrected chi connectivity index (χ0v) is 14.9. The van der Waals surface area contributed by atoms with Crippen LogP contribution in [-0.4, -0.2) is 28.6 Å². The lowest BCUT2D eigenvalue weighted by atomic mass is 9.92. The van der Waals surface area contributed by atoms with E-state index in [1.807, 2.05) is 30.5 Å². The van der Waals surface area contributed by atoms with Gasteiger partial charge in [-0.1, -0.05) is 48.0 Å². The third kappa shape index (κ3) is 3.15. The number of aliphatic hydroxyl groups excluding tert-OH is 1. The molecule has 0 radical (unpaired) electrons. The number of pyridine rings is 1. The van der Waals surface area contributed by atoms with E-state index in [1.165, 1.54) is 5.39 Å². The SMILES string of the molecule is CN1CCC[C@H]1c1cnc(Cl)cc1[C@@H](O)c1ccc2ccccc2c1. The Hall–Kier alpha value is -1.94. The molecular weight excluding hydrogens is 332 g/mol. The van der Waals surface area contributed by atoms with Crippen molar-refractivity contribution in [3.05, 3.63) is 76.6 Å². The molecule has 25 heavy (non-hydrogen) atoms. The molecule has 1 fully saturated rings. The van der Waals surface area contributed by atoms with Crippen LogP contribution >= 0.6 is 11.6 Å². The van der Waals surface area contributed by atoms with Crippen molar-refractivity contribution in [2.75, 3.05) is 13.6 Å². The highest BCUT2D eigenvalue weighted by Gasteiger charge is 2.27. The van der Waals surface area contributed by atoms with E-state index in [1.54, 1.807) is 0 Å². The summed E-state index contributed by atoms with van der Waals surface area (Å²) in [5, 5.41) is 13.8. The van der Waals surface area contributed by atoms with Gasteiger partial charge in [-0.2, -0.15) is 0 Å². The zero-order valence-electron chi connectivity index (χ0n) is 14.2. The van der Waals surface area contributed by atoms with Gasteiger partial charge in [-0.25, -0.2) is 4.98 Å². The molecule has 1 N–H and O–H groups in total. The van der Waals surface area contributed by atoms with Crippen LogP contribution in [0.3, 0.4) is 0 Å². The fourth-order valence-corrected chi connectivity index (χ4v) is 4.00. The van der Waals surface area contributed by atoms with Crippen LogP contribution in [0.2, 0.25) is 5.15 Å². The van der Waals surface area contributed by atoms with Crippen molar-refractivity contribution >= 4 is 22.4 Å². The lowest BCUT2D eigenvalue weighted by molar-refractivity contribution is 0.215. The monoisotopic (exact) mass is 352 g/mol. The van der Waals surface area contributed by atoms with Crippen LogP contribution in [-0.2, 0) is 0 Å². The topological polar surface area (TPSA) is 36.4 Å². The average Bonchev–Trinajstić information content (AvgIpc) is 3.06. The predicted molar refractivity (Wildman–Crippen MR) is 102 cm³/mol. The van der Waals surface area contributed by atoms with Crippen molar-refractivity contribution in [2.24, 2.45) is 0 Å². The van der Waals surface area contributed by atoms with Gasteiger partial charge in [0.2, 0.25) is 0 Å². The smallest absolute Gasteiger partial charge is 0.129 e. The number of rotatable bonds is 3. The molecule has 0 unspecified atom stereocenters. The van der Waals surface area contributed by atoms with Crippen molar-refractivity contribution in [1.82, 2.24) is 9.88 Å². The number of fused-ring (bicyclic) bond motifs is 1. The van der Waals surface area contributed by atoms with Gasteiger partial charge in [0, 0.05) is 12.2 Å². The van der Waals surface area contributed by atoms with Gasteiger partial charge in [-0.3, -0.25) is 4.90 Å². The Bertz CT molecular complexity index is 911. The van der Waals surface area contributed by atoms with Crippen molar-refractivity contribution in [3.63, 3.8) is 0 Å². The first-order valence-corrected chi connectivity index (χ1v) is 9.03. The van der Waals surface area contributed by atoms with E-state index in [4.69, 9.17) is 11.6 Å². The molecule has 2 aromatic carbocycles. The lowest BCUT2D eigenvalue weighted by Gasteiger charge is -2.24. The van der Waals surface area contributed by atoms with Gasteiger partial charge in [-0.15, -0.1) is 0 Å². The van der Waals surface area contributed by atoms with Gasteiger partial charge in [0.05, 0.1) is 0 Å². The summed E-state index contributed by atoms with van der Waals surface area (Å²) in [6.45, 7) is 1.07. The number of hydrogen-bond acceptors (Lipinski definition) is 3. The van der Waals surface area contributed by atoms with Gasteiger partial charge in [-0.05, 0) is 66.0 Å². The summed E-state index contributed by atoms with van der Waals surface area (Å²) in [5.74, 6) is 0. The van der Waals surface area contributed by atoms with Crippen molar-refractivity contribution < 1.29 is 5.11 Å². The maximum absolute atomic E-state index is 11.1. The van der Waals surface area contributed by atoms with Gasteiger partial charge in [0.15, 0.2) is 0 Å². The first-order valence-electron chi connectivity index (χ1n) is 8.66. The number of halogens is 1. The van der Waals surface area contributed by atoms with Gasteiger partial charge in [0.25, 0.3) is 0 Å². The molecule has 0 spiro atoms. The van der Waals surface area contributed by atoms with E-state index in [0.29, 0.717) is 5.15 Å². The standard InChI is InChI=1S/C21H21ClN2O/c1-24-10-4-7-19(24)18-13-23-20(22)12-17(18)21(25)16-9-8-14-5-2-3-6-15(14)11-16/h2-3,5-6,8-9,11-13,19,21,25H,4,7,10H2,1H3/t19-,21-/m0/s1. The third-order valence-corrected chi connectivity index (χ3v) is 5.40. The molecule has 4 rings (SSSR count). The molecule has 0 bridgehead atoms. The number of likely N-dealkylation sites (tertiary alicyclic amines) is 1. The minimum Gasteiger partial charge on any atom is -0.384 e. The fraction of sp³-hybridized carbons (Fsp3) is 0.286. The summed E-state index contributed by atoms with van der Waals surface area (Å²) in [6, 6.07) is 16.4. The Kier molecular flexibility index (Phi) is 4.46. The van der Waals surface area contributed by atoms with E-state index in [9.17, 15) is 5.11 Å². The molecule has 2 atom stereocenters. The fourth-order valence-electron chi connectivity index (χ4n) is 3.83. The van der Waals surface area contributed by atoms with Gasteiger partial charge >= 0.3 is 0 Å². The highest BCUT2D eigenvalue weighted by molar-refractivity contribution is 6.29.